The Kier molecular flexibility index (Phi) is 4.05. The van der Waals surface area contributed by atoms with E-state index in [1.807, 2.05) is 7.05 Å². The number of rotatable bonds is 4. The van der Waals surface area contributed by atoms with E-state index >= 15 is 0 Å². The van der Waals surface area contributed by atoms with E-state index < -0.39 is 0 Å². The van der Waals surface area contributed by atoms with Crippen molar-refractivity contribution >= 4 is 32.3 Å². The van der Waals surface area contributed by atoms with Crippen LogP contribution in [0.4, 0.5) is 5.00 Å². The van der Waals surface area contributed by atoms with Gasteiger partial charge in [0.15, 0.2) is 0 Å². The van der Waals surface area contributed by atoms with E-state index in [2.05, 4.69) is 32.3 Å². The summed E-state index contributed by atoms with van der Waals surface area (Å²) in [7, 11) is 2.04. The molecule has 0 aromatic carbocycles. The topological polar surface area (TPSA) is 23.5 Å². The molecule has 0 saturated carbocycles. The molecule has 0 fully saturated rings. The van der Waals surface area contributed by atoms with Crippen molar-refractivity contribution in [1.82, 2.24) is 0 Å². The van der Waals surface area contributed by atoms with Gasteiger partial charge in [0.2, 0.25) is 0 Å². The van der Waals surface area contributed by atoms with Gasteiger partial charge in [-0.05, 0) is 28.4 Å². The predicted molar refractivity (Wildman–Crippen MR) is 57.0 cm³/mol. The molecule has 0 spiro atoms. The summed E-state index contributed by atoms with van der Waals surface area (Å²) in [6.45, 7) is 1.17. The van der Waals surface area contributed by atoms with Gasteiger partial charge < -0.3 is 10.0 Å². The van der Waals surface area contributed by atoms with Gasteiger partial charge in [0.05, 0.1) is 5.00 Å². The second-order valence-electron chi connectivity index (χ2n) is 2.60. The van der Waals surface area contributed by atoms with Crippen LogP contribution in [0.25, 0.3) is 0 Å². The number of thiophene rings is 1. The van der Waals surface area contributed by atoms with Gasteiger partial charge in [0.25, 0.3) is 0 Å². The Morgan fingerprint density at radius 2 is 2.42 bits per heavy atom. The lowest BCUT2D eigenvalue weighted by Crippen LogP contribution is -2.17. The first-order valence-electron chi connectivity index (χ1n) is 3.80. The summed E-state index contributed by atoms with van der Waals surface area (Å²) in [4.78, 5) is 2.14. The molecule has 0 bridgehead atoms. The highest BCUT2D eigenvalue weighted by molar-refractivity contribution is 9.10. The number of aliphatic hydroxyl groups excluding tert-OH is 1. The largest absolute Gasteiger partial charge is 0.396 e. The average Bonchev–Trinajstić information content (AvgIpc) is 2.47. The minimum atomic E-state index is 0.261. The van der Waals surface area contributed by atoms with Crippen LogP contribution >= 0.6 is 27.3 Å². The highest BCUT2D eigenvalue weighted by Crippen LogP contribution is 2.27. The van der Waals surface area contributed by atoms with Crippen molar-refractivity contribution in [3.05, 3.63) is 15.9 Å². The normalized spacial score (nSPS) is 10.2. The molecule has 0 amide bonds. The van der Waals surface area contributed by atoms with Crippen molar-refractivity contribution < 1.29 is 5.11 Å². The van der Waals surface area contributed by atoms with Crippen LogP contribution in [-0.4, -0.2) is 25.3 Å². The van der Waals surface area contributed by atoms with Gasteiger partial charge in [0, 0.05) is 30.1 Å². The maximum absolute atomic E-state index is 8.63. The molecular weight excluding hydrogens is 238 g/mol. The molecule has 0 atom stereocenters. The number of nitrogens with zero attached hydrogens (tertiary/aromatic N) is 1. The van der Waals surface area contributed by atoms with Gasteiger partial charge in [-0.2, -0.15) is 0 Å². The van der Waals surface area contributed by atoms with Gasteiger partial charge >= 0.3 is 0 Å². The molecule has 2 nitrogen and oxygen atoms in total. The zero-order valence-electron chi connectivity index (χ0n) is 6.96. The third-order valence-corrected chi connectivity index (χ3v) is 3.39. The van der Waals surface area contributed by atoms with E-state index in [4.69, 9.17) is 5.11 Å². The van der Waals surface area contributed by atoms with Crippen molar-refractivity contribution in [3.8, 4) is 0 Å². The van der Waals surface area contributed by atoms with Crippen LogP contribution in [0, 0.1) is 0 Å². The lowest BCUT2D eigenvalue weighted by molar-refractivity contribution is 0.290. The Labute approximate surface area is 85.0 Å². The molecule has 1 heterocycles. The van der Waals surface area contributed by atoms with Crippen molar-refractivity contribution in [2.75, 3.05) is 25.1 Å². The Balaban J connectivity index is 2.47. The summed E-state index contributed by atoms with van der Waals surface area (Å²) in [5, 5.41) is 11.9. The van der Waals surface area contributed by atoms with Crippen LogP contribution in [-0.2, 0) is 0 Å². The quantitative estimate of drug-likeness (QED) is 0.886. The first kappa shape index (κ1) is 10.0. The molecule has 68 valence electrons. The van der Waals surface area contributed by atoms with Crippen molar-refractivity contribution in [2.24, 2.45) is 0 Å². The zero-order valence-corrected chi connectivity index (χ0v) is 9.36. The molecule has 0 unspecified atom stereocenters. The molecule has 0 radical (unpaired) electrons. The third-order valence-electron chi connectivity index (χ3n) is 1.58. The number of aliphatic hydroxyl groups is 1. The minimum Gasteiger partial charge on any atom is -0.396 e. The number of hydrogen-bond donors (Lipinski definition) is 1. The lowest BCUT2D eigenvalue weighted by atomic mass is 10.4. The monoisotopic (exact) mass is 249 g/mol. The molecule has 1 aromatic heterocycles. The van der Waals surface area contributed by atoms with Crippen LogP contribution < -0.4 is 4.90 Å². The van der Waals surface area contributed by atoms with Crippen LogP contribution in [0.5, 0.6) is 0 Å². The molecule has 4 heteroatoms. The summed E-state index contributed by atoms with van der Waals surface area (Å²) >= 11 is 5.11. The molecule has 0 saturated heterocycles. The molecule has 1 rings (SSSR count). The Morgan fingerprint density at radius 1 is 1.67 bits per heavy atom. The fourth-order valence-corrected chi connectivity index (χ4v) is 2.34. The Hall–Kier alpha value is -0.0600. The number of anilines is 1. The number of halogens is 1. The summed E-state index contributed by atoms with van der Waals surface area (Å²) < 4.78 is 1.12. The van der Waals surface area contributed by atoms with Gasteiger partial charge in [0.1, 0.15) is 0 Å². The van der Waals surface area contributed by atoms with Crippen molar-refractivity contribution in [2.45, 2.75) is 6.42 Å². The third kappa shape index (κ3) is 2.77. The zero-order chi connectivity index (χ0) is 8.97. The summed E-state index contributed by atoms with van der Waals surface area (Å²) in [6, 6.07) is 2.09. The van der Waals surface area contributed by atoms with Crippen LogP contribution in [0.2, 0.25) is 0 Å². The average molecular weight is 250 g/mol. The first-order valence-corrected chi connectivity index (χ1v) is 5.47. The molecule has 12 heavy (non-hydrogen) atoms. The maximum atomic E-state index is 8.63. The lowest BCUT2D eigenvalue weighted by Gasteiger charge is -2.15. The fraction of sp³-hybridized carbons (Fsp3) is 0.500. The van der Waals surface area contributed by atoms with E-state index in [0.29, 0.717) is 0 Å². The van der Waals surface area contributed by atoms with Crippen LogP contribution in [0.1, 0.15) is 6.42 Å². The van der Waals surface area contributed by atoms with Gasteiger partial charge in [-0.3, -0.25) is 0 Å². The second-order valence-corrected chi connectivity index (χ2v) is 4.41. The summed E-state index contributed by atoms with van der Waals surface area (Å²) in [5.41, 5.74) is 0. The Bertz CT molecular complexity index is 239. The summed E-state index contributed by atoms with van der Waals surface area (Å²) in [6.07, 6.45) is 0.825. The van der Waals surface area contributed by atoms with E-state index in [9.17, 15) is 0 Å². The van der Waals surface area contributed by atoms with Crippen LogP contribution in [0.15, 0.2) is 15.9 Å². The minimum absolute atomic E-state index is 0.261. The smallest absolute Gasteiger partial charge is 0.0917 e. The highest BCUT2D eigenvalue weighted by Gasteiger charge is 2.02. The molecule has 1 N–H and O–H groups in total. The first-order chi connectivity index (χ1) is 5.74. The number of hydrogen-bond acceptors (Lipinski definition) is 3. The van der Waals surface area contributed by atoms with E-state index in [1.165, 1.54) is 5.00 Å². The Morgan fingerprint density at radius 3 is 2.92 bits per heavy atom. The maximum Gasteiger partial charge on any atom is 0.0917 e. The highest BCUT2D eigenvalue weighted by atomic mass is 79.9. The fourth-order valence-electron chi connectivity index (χ4n) is 0.921. The van der Waals surface area contributed by atoms with Crippen LogP contribution in [0.3, 0.4) is 0 Å². The van der Waals surface area contributed by atoms with Crippen molar-refractivity contribution in [1.29, 1.82) is 0 Å². The molecule has 0 aliphatic rings. The van der Waals surface area contributed by atoms with Gasteiger partial charge in [-0.15, -0.1) is 11.3 Å². The van der Waals surface area contributed by atoms with Gasteiger partial charge in [-0.1, -0.05) is 0 Å². The second kappa shape index (κ2) is 4.84. The van der Waals surface area contributed by atoms with Crippen molar-refractivity contribution in [3.63, 3.8) is 0 Å². The standard InChI is InChI=1S/C8H12BrNOS/c1-10(3-2-4-11)8-5-7(9)6-12-8/h5-6,11H,2-4H2,1H3. The molecular formula is C8H12BrNOS. The SMILES string of the molecule is CN(CCCO)c1cc(Br)cs1. The van der Waals surface area contributed by atoms with E-state index in [0.717, 1.165) is 17.4 Å². The van der Waals surface area contributed by atoms with E-state index in [1.54, 1.807) is 11.3 Å². The molecule has 1 aromatic rings. The van der Waals surface area contributed by atoms with Gasteiger partial charge in [-0.25, -0.2) is 0 Å². The predicted octanol–water partition coefficient (Wildman–Crippen LogP) is 2.33. The molecule has 0 aliphatic heterocycles. The van der Waals surface area contributed by atoms with E-state index in [-0.39, 0.29) is 6.61 Å². The summed E-state index contributed by atoms with van der Waals surface area (Å²) in [5.74, 6) is 0. The molecule has 0 aliphatic carbocycles.